The van der Waals surface area contributed by atoms with Gasteiger partial charge in [-0.1, -0.05) is 0 Å². The van der Waals surface area contributed by atoms with E-state index < -0.39 is 0 Å². The summed E-state index contributed by atoms with van der Waals surface area (Å²) in [6.07, 6.45) is 2.81. The quantitative estimate of drug-likeness (QED) is 0.586. The molecule has 0 radical (unpaired) electrons. The highest BCUT2D eigenvalue weighted by atomic mass is 16.5. The molecule has 0 aliphatic heterocycles. The van der Waals surface area contributed by atoms with E-state index in [2.05, 4.69) is 12.2 Å². The van der Waals surface area contributed by atoms with Crippen LogP contribution in [0.15, 0.2) is 0 Å². The van der Waals surface area contributed by atoms with Crippen LogP contribution < -0.4 is 5.32 Å². The highest BCUT2D eigenvalue weighted by Gasteiger charge is 2.07. The normalized spacial score (nSPS) is 15.7. The summed E-state index contributed by atoms with van der Waals surface area (Å²) in [5.74, 6) is 0. The molecule has 0 rings (SSSR count). The average molecular weight is 189 g/mol. The van der Waals surface area contributed by atoms with Crippen molar-refractivity contribution in [2.45, 2.75) is 38.9 Å². The van der Waals surface area contributed by atoms with Crippen LogP contribution in [0, 0.1) is 0 Å². The third-order valence-corrected chi connectivity index (χ3v) is 1.90. The molecule has 1 N–H and O–H groups in total. The van der Waals surface area contributed by atoms with Gasteiger partial charge in [0.1, 0.15) is 0 Å². The minimum Gasteiger partial charge on any atom is -0.382 e. The minimum atomic E-state index is 0.203. The van der Waals surface area contributed by atoms with E-state index in [4.69, 9.17) is 9.47 Å². The van der Waals surface area contributed by atoms with E-state index in [1.807, 2.05) is 14.0 Å². The lowest BCUT2D eigenvalue weighted by Crippen LogP contribution is -2.22. The van der Waals surface area contributed by atoms with Gasteiger partial charge in [-0.2, -0.15) is 0 Å². The van der Waals surface area contributed by atoms with Crippen LogP contribution in [-0.4, -0.2) is 39.5 Å². The second-order valence-electron chi connectivity index (χ2n) is 3.46. The highest BCUT2D eigenvalue weighted by molar-refractivity contribution is 4.56. The Morgan fingerprint density at radius 3 is 2.46 bits per heavy atom. The van der Waals surface area contributed by atoms with Gasteiger partial charge in [0, 0.05) is 7.11 Å². The van der Waals surface area contributed by atoms with Gasteiger partial charge in [0.05, 0.1) is 18.8 Å². The van der Waals surface area contributed by atoms with Crippen LogP contribution in [0.2, 0.25) is 0 Å². The standard InChI is InChI=1S/C10H23NO2/c1-9(6-5-7-11-3)13-10(2)8-12-4/h9-11H,5-8H2,1-4H3. The summed E-state index contributed by atoms with van der Waals surface area (Å²) < 4.78 is 10.7. The zero-order chi connectivity index (χ0) is 10.1. The van der Waals surface area contributed by atoms with E-state index in [1.54, 1.807) is 7.11 Å². The van der Waals surface area contributed by atoms with Gasteiger partial charge in [-0.05, 0) is 40.3 Å². The number of hydrogen-bond acceptors (Lipinski definition) is 3. The Bertz CT molecular complexity index is 109. The third kappa shape index (κ3) is 8.22. The molecule has 3 heteroatoms. The molecular formula is C10H23NO2. The van der Waals surface area contributed by atoms with Crippen molar-refractivity contribution < 1.29 is 9.47 Å². The Morgan fingerprint density at radius 2 is 1.92 bits per heavy atom. The molecule has 0 aliphatic rings. The fraction of sp³-hybridized carbons (Fsp3) is 1.00. The highest BCUT2D eigenvalue weighted by Crippen LogP contribution is 2.04. The summed E-state index contributed by atoms with van der Waals surface area (Å²) in [4.78, 5) is 0. The largest absolute Gasteiger partial charge is 0.382 e. The fourth-order valence-corrected chi connectivity index (χ4v) is 1.30. The molecule has 0 bridgehead atoms. The first kappa shape index (κ1) is 12.9. The third-order valence-electron chi connectivity index (χ3n) is 1.90. The second-order valence-corrected chi connectivity index (χ2v) is 3.46. The van der Waals surface area contributed by atoms with Crippen molar-refractivity contribution in [3.05, 3.63) is 0 Å². The molecule has 0 aromatic carbocycles. The average Bonchev–Trinajstić information content (AvgIpc) is 2.05. The van der Waals surface area contributed by atoms with Gasteiger partial charge in [-0.25, -0.2) is 0 Å². The SMILES string of the molecule is CNCCCC(C)OC(C)COC. The van der Waals surface area contributed by atoms with Gasteiger partial charge < -0.3 is 14.8 Å². The van der Waals surface area contributed by atoms with Crippen molar-refractivity contribution in [3.8, 4) is 0 Å². The van der Waals surface area contributed by atoms with Gasteiger partial charge in [0.2, 0.25) is 0 Å². The molecule has 0 heterocycles. The Morgan fingerprint density at radius 1 is 1.23 bits per heavy atom. The lowest BCUT2D eigenvalue weighted by atomic mass is 10.2. The molecule has 2 atom stereocenters. The molecular weight excluding hydrogens is 166 g/mol. The van der Waals surface area contributed by atoms with Crippen LogP contribution in [0.4, 0.5) is 0 Å². The van der Waals surface area contributed by atoms with Crippen LogP contribution in [0.1, 0.15) is 26.7 Å². The van der Waals surface area contributed by atoms with Crippen molar-refractivity contribution in [3.63, 3.8) is 0 Å². The Kier molecular flexibility index (Phi) is 8.40. The zero-order valence-electron chi connectivity index (χ0n) is 9.30. The van der Waals surface area contributed by atoms with Crippen LogP contribution in [-0.2, 0) is 9.47 Å². The summed E-state index contributed by atoms with van der Waals surface area (Å²) in [6, 6.07) is 0. The van der Waals surface area contributed by atoms with Crippen molar-refractivity contribution in [1.29, 1.82) is 0 Å². The Balaban J connectivity index is 3.32. The molecule has 13 heavy (non-hydrogen) atoms. The number of rotatable bonds is 8. The molecule has 0 fully saturated rings. The second kappa shape index (κ2) is 8.48. The molecule has 0 amide bonds. The number of hydrogen-bond donors (Lipinski definition) is 1. The monoisotopic (exact) mass is 189 g/mol. The lowest BCUT2D eigenvalue weighted by Gasteiger charge is -2.18. The van der Waals surface area contributed by atoms with Gasteiger partial charge >= 0.3 is 0 Å². The van der Waals surface area contributed by atoms with E-state index in [-0.39, 0.29) is 6.10 Å². The number of nitrogens with one attached hydrogen (secondary N) is 1. The predicted molar refractivity (Wildman–Crippen MR) is 55.0 cm³/mol. The maximum atomic E-state index is 5.68. The van der Waals surface area contributed by atoms with E-state index in [0.717, 1.165) is 19.4 Å². The number of ether oxygens (including phenoxy) is 2. The molecule has 0 aliphatic carbocycles. The van der Waals surface area contributed by atoms with Crippen LogP contribution in [0.5, 0.6) is 0 Å². The zero-order valence-corrected chi connectivity index (χ0v) is 9.30. The van der Waals surface area contributed by atoms with Gasteiger partial charge in [0.15, 0.2) is 0 Å². The first-order chi connectivity index (χ1) is 6.20. The van der Waals surface area contributed by atoms with Crippen molar-refractivity contribution >= 4 is 0 Å². The molecule has 0 spiro atoms. The molecule has 0 aromatic heterocycles. The summed E-state index contributed by atoms with van der Waals surface area (Å²) in [5, 5.41) is 3.12. The Hall–Kier alpha value is -0.120. The maximum absolute atomic E-state index is 5.68. The predicted octanol–water partition coefficient (Wildman–Crippen LogP) is 1.43. The minimum absolute atomic E-state index is 0.203. The lowest BCUT2D eigenvalue weighted by molar-refractivity contribution is -0.0342. The van der Waals surface area contributed by atoms with E-state index in [9.17, 15) is 0 Å². The van der Waals surface area contributed by atoms with Gasteiger partial charge in [0.25, 0.3) is 0 Å². The van der Waals surface area contributed by atoms with Crippen LogP contribution in [0.25, 0.3) is 0 Å². The van der Waals surface area contributed by atoms with Gasteiger partial charge in [-0.15, -0.1) is 0 Å². The topological polar surface area (TPSA) is 30.5 Å². The van der Waals surface area contributed by atoms with Crippen LogP contribution in [0.3, 0.4) is 0 Å². The molecule has 3 nitrogen and oxygen atoms in total. The molecule has 0 aromatic rings. The summed E-state index contributed by atoms with van der Waals surface area (Å²) in [5.41, 5.74) is 0. The number of methoxy groups -OCH3 is 1. The van der Waals surface area contributed by atoms with Crippen molar-refractivity contribution in [1.82, 2.24) is 5.32 Å². The summed E-state index contributed by atoms with van der Waals surface area (Å²) >= 11 is 0. The van der Waals surface area contributed by atoms with E-state index >= 15 is 0 Å². The first-order valence-electron chi connectivity index (χ1n) is 4.99. The molecule has 2 unspecified atom stereocenters. The van der Waals surface area contributed by atoms with E-state index in [0.29, 0.717) is 12.7 Å². The Labute approximate surface area is 81.8 Å². The van der Waals surface area contributed by atoms with Gasteiger partial charge in [-0.3, -0.25) is 0 Å². The smallest absolute Gasteiger partial charge is 0.0783 e. The molecule has 0 saturated heterocycles. The van der Waals surface area contributed by atoms with Crippen molar-refractivity contribution in [2.24, 2.45) is 0 Å². The fourth-order valence-electron chi connectivity index (χ4n) is 1.30. The first-order valence-corrected chi connectivity index (χ1v) is 4.99. The van der Waals surface area contributed by atoms with E-state index in [1.165, 1.54) is 0 Å². The summed E-state index contributed by atoms with van der Waals surface area (Å²) in [7, 11) is 3.67. The summed E-state index contributed by atoms with van der Waals surface area (Å²) in [6.45, 7) is 5.89. The molecule has 0 saturated carbocycles. The maximum Gasteiger partial charge on any atom is 0.0783 e. The molecule has 80 valence electrons. The van der Waals surface area contributed by atoms with Crippen LogP contribution >= 0.6 is 0 Å². The van der Waals surface area contributed by atoms with Crippen molar-refractivity contribution in [2.75, 3.05) is 27.3 Å².